The molecule has 1 heteroatoms. The molecule has 1 aliphatic carbocycles. The van der Waals surface area contributed by atoms with Gasteiger partial charge in [-0.2, -0.15) is 0 Å². The maximum Gasteiger partial charge on any atom is 0.0128 e. The minimum absolute atomic E-state index is 0.445. The quantitative estimate of drug-likeness (QED) is 0.405. The first-order valence-electron chi connectivity index (χ1n) is 9.38. The van der Waals surface area contributed by atoms with Gasteiger partial charge in [0.1, 0.15) is 0 Å². The Morgan fingerprint density at radius 3 is 1.62 bits per heavy atom. The lowest BCUT2D eigenvalue weighted by atomic mass is 9.87. The van der Waals surface area contributed by atoms with Crippen LogP contribution in [0.3, 0.4) is 0 Å². The van der Waals surface area contributed by atoms with Crippen LogP contribution in [0.2, 0.25) is 0 Å². The van der Waals surface area contributed by atoms with Gasteiger partial charge in [0.15, 0.2) is 0 Å². The first-order chi connectivity index (χ1) is 12.8. The van der Waals surface area contributed by atoms with Gasteiger partial charge in [-0.25, -0.2) is 0 Å². The fraction of sp³-hybridized carbons (Fsp3) is 0.200. The maximum absolute atomic E-state index is 2.56. The van der Waals surface area contributed by atoms with Crippen molar-refractivity contribution in [2.75, 3.05) is 0 Å². The van der Waals surface area contributed by atoms with Crippen molar-refractivity contribution in [1.82, 2.24) is 0 Å². The van der Waals surface area contributed by atoms with Gasteiger partial charge in [0.2, 0.25) is 0 Å². The van der Waals surface area contributed by atoms with E-state index in [9.17, 15) is 0 Å². The van der Waals surface area contributed by atoms with Crippen LogP contribution in [-0.4, -0.2) is 5.66 Å². The van der Waals surface area contributed by atoms with E-state index < -0.39 is 7.92 Å². The molecule has 0 amide bonds. The van der Waals surface area contributed by atoms with Gasteiger partial charge in [0.05, 0.1) is 0 Å². The number of rotatable bonds is 4. The van der Waals surface area contributed by atoms with Crippen molar-refractivity contribution in [2.45, 2.75) is 25.4 Å². The summed E-state index contributed by atoms with van der Waals surface area (Å²) in [6.45, 7) is 4.71. The molecule has 0 spiro atoms. The van der Waals surface area contributed by atoms with E-state index in [2.05, 4.69) is 111 Å². The summed E-state index contributed by atoms with van der Waals surface area (Å²) >= 11 is 0. The minimum Gasteiger partial charge on any atom is -0.0766 e. The summed E-state index contributed by atoms with van der Waals surface area (Å²) in [7, 11) is -0.445. The van der Waals surface area contributed by atoms with Gasteiger partial charge in [0, 0.05) is 11.6 Å². The monoisotopic (exact) mass is 356 g/mol. The van der Waals surface area contributed by atoms with Crippen molar-refractivity contribution in [3.63, 3.8) is 0 Å². The van der Waals surface area contributed by atoms with Crippen LogP contribution in [0.25, 0.3) is 0 Å². The molecule has 0 radical (unpaired) electrons. The lowest BCUT2D eigenvalue weighted by Gasteiger charge is -2.32. The molecule has 0 saturated carbocycles. The Balaban J connectivity index is 1.84. The van der Waals surface area contributed by atoms with Crippen LogP contribution in [-0.2, 0) is 0 Å². The second-order valence-corrected chi connectivity index (χ2v) is 9.54. The Labute approximate surface area is 158 Å². The molecule has 130 valence electrons. The molecule has 0 aromatic heterocycles. The van der Waals surface area contributed by atoms with E-state index >= 15 is 0 Å². The summed E-state index contributed by atoms with van der Waals surface area (Å²) in [5.74, 6) is 1.13. The molecule has 3 atom stereocenters. The molecule has 0 aliphatic heterocycles. The summed E-state index contributed by atoms with van der Waals surface area (Å²) in [5.41, 5.74) is 3.54. The van der Waals surface area contributed by atoms with Crippen molar-refractivity contribution in [2.24, 2.45) is 5.92 Å². The SMILES string of the molecule is CC1=C[C@@H](P(c2ccccc2)c2ccccc2)C(c2ccccc2)[C@H]1C. The van der Waals surface area contributed by atoms with Crippen molar-refractivity contribution in [3.05, 3.63) is 108 Å². The maximum atomic E-state index is 2.56. The highest BCUT2D eigenvalue weighted by Crippen LogP contribution is 2.54. The molecule has 0 N–H and O–H groups in total. The lowest BCUT2D eigenvalue weighted by molar-refractivity contribution is 0.572. The highest BCUT2D eigenvalue weighted by Gasteiger charge is 2.39. The average Bonchev–Trinajstić information content (AvgIpc) is 2.99. The van der Waals surface area contributed by atoms with Crippen molar-refractivity contribution < 1.29 is 0 Å². The van der Waals surface area contributed by atoms with Gasteiger partial charge in [-0.3, -0.25) is 0 Å². The average molecular weight is 356 g/mol. The van der Waals surface area contributed by atoms with E-state index in [-0.39, 0.29) is 0 Å². The van der Waals surface area contributed by atoms with E-state index in [1.54, 1.807) is 0 Å². The Morgan fingerprint density at radius 2 is 1.12 bits per heavy atom. The van der Waals surface area contributed by atoms with Crippen LogP contribution in [0, 0.1) is 5.92 Å². The third-order valence-corrected chi connectivity index (χ3v) is 8.39. The predicted molar refractivity (Wildman–Crippen MR) is 115 cm³/mol. The standard InChI is InChI=1S/C25H25P/c1-19-18-24(25(20(19)2)21-12-6-3-7-13-21)26(22-14-8-4-9-15-22)23-16-10-5-11-17-23/h3-18,20,24-25H,1-2H3/t20-,24+,25?/m0/s1. The highest BCUT2D eigenvalue weighted by atomic mass is 31.1. The minimum atomic E-state index is -0.445. The zero-order valence-corrected chi connectivity index (χ0v) is 16.3. The molecular weight excluding hydrogens is 331 g/mol. The second-order valence-electron chi connectivity index (χ2n) is 7.17. The Bertz CT molecular complexity index is 828. The highest BCUT2D eigenvalue weighted by molar-refractivity contribution is 7.73. The Morgan fingerprint density at radius 1 is 0.654 bits per heavy atom. The van der Waals surface area contributed by atoms with E-state index in [1.807, 2.05) is 0 Å². The van der Waals surface area contributed by atoms with Gasteiger partial charge >= 0.3 is 0 Å². The molecule has 4 rings (SSSR count). The third-order valence-electron chi connectivity index (χ3n) is 5.61. The van der Waals surface area contributed by atoms with Crippen molar-refractivity contribution in [1.29, 1.82) is 0 Å². The van der Waals surface area contributed by atoms with Crippen LogP contribution >= 0.6 is 7.92 Å². The zero-order chi connectivity index (χ0) is 17.9. The van der Waals surface area contributed by atoms with Gasteiger partial charge in [0.25, 0.3) is 0 Å². The lowest BCUT2D eigenvalue weighted by Crippen LogP contribution is -2.25. The van der Waals surface area contributed by atoms with Gasteiger partial charge < -0.3 is 0 Å². The summed E-state index contributed by atoms with van der Waals surface area (Å²) in [6, 6.07) is 33.3. The predicted octanol–water partition coefficient (Wildman–Crippen LogP) is 5.87. The molecule has 26 heavy (non-hydrogen) atoms. The molecule has 0 heterocycles. The van der Waals surface area contributed by atoms with E-state index in [0.717, 1.165) is 0 Å². The third kappa shape index (κ3) is 3.27. The summed E-state index contributed by atoms with van der Waals surface area (Å²) in [4.78, 5) is 0. The summed E-state index contributed by atoms with van der Waals surface area (Å²) in [5, 5.41) is 2.94. The number of allylic oxidation sites excluding steroid dienone is 2. The second kappa shape index (κ2) is 7.60. The van der Waals surface area contributed by atoms with Crippen molar-refractivity contribution >= 4 is 18.5 Å². The molecule has 0 fully saturated rings. The van der Waals surface area contributed by atoms with Gasteiger partial charge in [-0.15, -0.1) is 0 Å². The van der Waals surface area contributed by atoms with Crippen molar-refractivity contribution in [3.8, 4) is 0 Å². The first-order valence-corrected chi connectivity index (χ1v) is 10.8. The fourth-order valence-electron chi connectivity index (χ4n) is 4.17. The molecule has 3 aromatic carbocycles. The summed E-state index contributed by atoms with van der Waals surface area (Å²) in [6.07, 6.45) is 2.56. The largest absolute Gasteiger partial charge is 0.0766 e. The number of benzene rings is 3. The number of hydrogen-bond donors (Lipinski definition) is 0. The van der Waals surface area contributed by atoms with Crippen LogP contribution in [0.4, 0.5) is 0 Å². The molecule has 0 bridgehead atoms. The molecular formula is C25H25P. The topological polar surface area (TPSA) is 0 Å². The molecule has 1 unspecified atom stereocenters. The van der Waals surface area contributed by atoms with Crippen LogP contribution in [0.15, 0.2) is 103 Å². The molecule has 3 aromatic rings. The number of hydrogen-bond acceptors (Lipinski definition) is 0. The van der Waals surface area contributed by atoms with Crippen LogP contribution in [0.1, 0.15) is 25.3 Å². The smallest absolute Gasteiger partial charge is 0.0128 e. The van der Waals surface area contributed by atoms with E-state index in [0.29, 0.717) is 17.5 Å². The van der Waals surface area contributed by atoms with Crippen LogP contribution < -0.4 is 10.6 Å². The van der Waals surface area contributed by atoms with Gasteiger partial charge in [-0.05, 0) is 36.9 Å². The Hall–Kier alpha value is -2.17. The Kier molecular flexibility index (Phi) is 5.05. The van der Waals surface area contributed by atoms with E-state index in [1.165, 1.54) is 21.7 Å². The van der Waals surface area contributed by atoms with Gasteiger partial charge in [-0.1, -0.05) is 110 Å². The zero-order valence-electron chi connectivity index (χ0n) is 15.4. The molecule has 0 saturated heterocycles. The first kappa shape index (κ1) is 17.3. The summed E-state index contributed by atoms with van der Waals surface area (Å²) < 4.78 is 0. The van der Waals surface area contributed by atoms with Crippen LogP contribution in [0.5, 0.6) is 0 Å². The fourth-order valence-corrected chi connectivity index (χ4v) is 7.28. The normalized spacial score (nSPS) is 22.4. The molecule has 0 nitrogen and oxygen atoms in total. The van der Waals surface area contributed by atoms with E-state index in [4.69, 9.17) is 0 Å². The molecule has 1 aliphatic rings.